The van der Waals surface area contributed by atoms with Crippen LogP contribution < -0.4 is 9.84 Å². The molecule has 8 heteroatoms. The molecule has 0 saturated carbocycles. The summed E-state index contributed by atoms with van der Waals surface area (Å²) in [7, 11) is 0. The van der Waals surface area contributed by atoms with Crippen molar-refractivity contribution < 1.29 is 19.0 Å². The fourth-order valence-electron chi connectivity index (χ4n) is 2.27. The van der Waals surface area contributed by atoms with Crippen LogP contribution >= 0.6 is 11.8 Å². The Morgan fingerprint density at radius 1 is 1.21 bits per heavy atom. The molecule has 3 aromatic rings. The summed E-state index contributed by atoms with van der Waals surface area (Å²) in [6, 6.07) is 13.0. The van der Waals surface area contributed by atoms with E-state index >= 15 is 0 Å². The first-order valence-electron chi connectivity index (χ1n) is 8.53. The minimum absolute atomic E-state index is 0.00151. The number of carboxylic acids is 1. The lowest BCUT2D eigenvalue weighted by molar-refractivity contribution is -0.297. The van der Waals surface area contributed by atoms with E-state index in [-0.39, 0.29) is 10.7 Å². The van der Waals surface area contributed by atoms with Crippen LogP contribution in [0.25, 0.3) is 6.08 Å². The number of carbonyl (C=O) groups excluding carboxylic acids is 1. The largest absolute Gasteiger partial charge is 0.544 e. The first-order chi connectivity index (χ1) is 13.5. The summed E-state index contributed by atoms with van der Waals surface area (Å²) in [5, 5.41) is 18.5. The number of thioether (sulfide) groups is 1. The summed E-state index contributed by atoms with van der Waals surface area (Å²) in [4.78, 5) is 15.6. The second-order valence-electron chi connectivity index (χ2n) is 5.80. The second kappa shape index (κ2) is 9.18. The van der Waals surface area contributed by atoms with Crippen molar-refractivity contribution in [1.82, 2.24) is 15.2 Å². The highest BCUT2D eigenvalue weighted by Gasteiger charge is 2.08. The van der Waals surface area contributed by atoms with Crippen molar-refractivity contribution in [1.29, 1.82) is 0 Å². The summed E-state index contributed by atoms with van der Waals surface area (Å²) in [6.45, 7) is 2.23. The van der Waals surface area contributed by atoms with Gasteiger partial charge in [0, 0.05) is 11.3 Å². The average molecular weight is 398 g/mol. The molecule has 0 amide bonds. The molecule has 0 aliphatic carbocycles. The van der Waals surface area contributed by atoms with Gasteiger partial charge in [-0.2, -0.15) is 0 Å². The maximum absolute atomic E-state index is 12.9. The van der Waals surface area contributed by atoms with Crippen molar-refractivity contribution in [3.05, 3.63) is 76.2 Å². The zero-order valence-corrected chi connectivity index (χ0v) is 15.8. The molecule has 6 nitrogen and oxygen atoms in total. The van der Waals surface area contributed by atoms with Crippen molar-refractivity contribution >= 4 is 23.8 Å². The summed E-state index contributed by atoms with van der Waals surface area (Å²) < 4.78 is 18.6. The van der Waals surface area contributed by atoms with Gasteiger partial charge in [0.25, 0.3) is 0 Å². The molecule has 1 heterocycles. The molecule has 144 valence electrons. The van der Waals surface area contributed by atoms with Crippen molar-refractivity contribution in [3.63, 3.8) is 0 Å². The van der Waals surface area contributed by atoms with Crippen LogP contribution in [0.15, 0.2) is 58.6 Å². The van der Waals surface area contributed by atoms with Gasteiger partial charge in [0.05, 0.1) is 5.97 Å². The van der Waals surface area contributed by atoms with Gasteiger partial charge in [-0.15, -0.1) is 5.10 Å². The number of hydrogen-bond donors (Lipinski definition) is 1. The topological polar surface area (TPSA) is 90.9 Å². The highest BCUT2D eigenvalue weighted by atomic mass is 32.2. The van der Waals surface area contributed by atoms with Gasteiger partial charge < -0.3 is 14.6 Å². The van der Waals surface area contributed by atoms with E-state index in [9.17, 15) is 14.3 Å². The number of carboxylic acid groups (broad SMARTS) is 1. The molecule has 28 heavy (non-hydrogen) atoms. The SMILES string of the molecule is CCc1nc(S/C(=C\c2ccc(OCc3ccc(F)cc3)cc2)C(=O)[O-])n[nH]1. The molecule has 0 atom stereocenters. The monoisotopic (exact) mass is 398 g/mol. The van der Waals surface area contributed by atoms with Crippen LogP contribution in [0.1, 0.15) is 23.9 Å². The van der Waals surface area contributed by atoms with Crippen molar-refractivity contribution in [2.24, 2.45) is 0 Å². The number of carbonyl (C=O) groups is 1. The van der Waals surface area contributed by atoms with Crippen LogP contribution in [0.4, 0.5) is 4.39 Å². The number of rotatable bonds is 8. The number of hydrogen-bond acceptors (Lipinski definition) is 6. The van der Waals surface area contributed by atoms with Crippen molar-refractivity contribution in [3.8, 4) is 5.75 Å². The summed E-state index contributed by atoms with van der Waals surface area (Å²) in [5.41, 5.74) is 1.52. The first kappa shape index (κ1) is 19.6. The Kier molecular flexibility index (Phi) is 6.44. The Balaban J connectivity index is 1.66. The molecule has 0 bridgehead atoms. The maximum Gasteiger partial charge on any atom is 0.213 e. The Bertz CT molecular complexity index is 969. The van der Waals surface area contributed by atoms with Crippen LogP contribution in [0, 0.1) is 5.82 Å². The zero-order valence-electron chi connectivity index (χ0n) is 15.0. The number of ether oxygens (including phenoxy) is 1. The lowest BCUT2D eigenvalue weighted by Gasteiger charge is -2.08. The van der Waals surface area contributed by atoms with Crippen LogP contribution in [0.3, 0.4) is 0 Å². The van der Waals surface area contributed by atoms with E-state index in [1.54, 1.807) is 36.4 Å². The van der Waals surface area contributed by atoms with E-state index in [2.05, 4.69) is 15.2 Å². The van der Waals surface area contributed by atoms with E-state index in [1.807, 2.05) is 6.92 Å². The molecule has 0 saturated heterocycles. The molecule has 0 unspecified atom stereocenters. The minimum atomic E-state index is -1.30. The summed E-state index contributed by atoms with van der Waals surface area (Å²) in [5.74, 6) is -0.296. The Morgan fingerprint density at radius 2 is 1.93 bits per heavy atom. The molecule has 0 radical (unpaired) electrons. The maximum atomic E-state index is 12.9. The van der Waals surface area contributed by atoms with Gasteiger partial charge in [-0.25, -0.2) is 9.37 Å². The van der Waals surface area contributed by atoms with Gasteiger partial charge in [-0.3, -0.25) is 5.10 Å². The molecule has 1 aromatic heterocycles. The third-order valence-electron chi connectivity index (χ3n) is 3.75. The van der Waals surface area contributed by atoms with Gasteiger partial charge in [-0.05, 0) is 53.2 Å². The summed E-state index contributed by atoms with van der Waals surface area (Å²) >= 11 is 0.924. The Morgan fingerprint density at radius 3 is 2.54 bits per heavy atom. The van der Waals surface area contributed by atoms with E-state index < -0.39 is 5.97 Å². The number of nitrogens with zero attached hydrogens (tertiary/aromatic N) is 2. The van der Waals surface area contributed by atoms with Crippen LogP contribution in [-0.2, 0) is 17.8 Å². The predicted octanol–water partition coefficient (Wildman–Crippen LogP) is 2.97. The predicted molar refractivity (Wildman–Crippen MR) is 102 cm³/mol. The molecule has 1 N–H and O–H groups in total. The number of H-pyrrole nitrogens is 1. The number of benzene rings is 2. The molecular formula is C20H17FN3O3S-. The lowest BCUT2D eigenvalue weighted by Crippen LogP contribution is -2.23. The molecule has 0 fully saturated rings. The zero-order chi connectivity index (χ0) is 19.9. The molecule has 3 rings (SSSR count). The molecule has 0 aliphatic rings. The molecule has 0 aliphatic heterocycles. The molecular weight excluding hydrogens is 381 g/mol. The fraction of sp³-hybridized carbons (Fsp3) is 0.150. The highest BCUT2D eigenvalue weighted by Crippen LogP contribution is 2.26. The van der Waals surface area contributed by atoms with Crippen LogP contribution in [0.5, 0.6) is 5.75 Å². The van der Waals surface area contributed by atoms with E-state index in [0.717, 1.165) is 17.3 Å². The number of nitrogens with one attached hydrogen (secondary N) is 1. The average Bonchev–Trinajstić information content (AvgIpc) is 3.16. The lowest BCUT2D eigenvalue weighted by atomic mass is 10.2. The van der Waals surface area contributed by atoms with Crippen molar-refractivity contribution in [2.45, 2.75) is 25.1 Å². The number of aryl methyl sites for hydroxylation is 1. The van der Waals surface area contributed by atoms with Gasteiger partial charge in [-0.1, -0.05) is 31.2 Å². The van der Waals surface area contributed by atoms with E-state index in [1.165, 1.54) is 18.2 Å². The fourth-order valence-corrected chi connectivity index (χ4v) is 2.99. The van der Waals surface area contributed by atoms with Crippen molar-refractivity contribution in [2.75, 3.05) is 0 Å². The van der Waals surface area contributed by atoms with Crippen LogP contribution in [0.2, 0.25) is 0 Å². The van der Waals surface area contributed by atoms with Gasteiger partial charge >= 0.3 is 0 Å². The Hall–Kier alpha value is -3.13. The van der Waals surface area contributed by atoms with Gasteiger partial charge in [0.15, 0.2) is 0 Å². The first-order valence-corrected chi connectivity index (χ1v) is 9.34. The normalized spacial score (nSPS) is 11.4. The number of aromatic amines is 1. The third-order valence-corrected chi connectivity index (χ3v) is 4.61. The van der Waals surface area contributed by atoms with Crippen LogP contribution in [-0.4, -0.2) is 21.2 Å². The van der Waals surface area contributed by atoms with Gasteiger partial charge in [0.1, 0.15) is 24.0 Å². The molecule has 2 aromatic carbocycles. The quantitative estimate of drug-likeness (QED) is 0.463. The smallest absolute Gasteiger partial charge is 0.213 e. The Labute approximate surface area is 165 Å². The van der Waals surface area contributed by atoms with E-state index in [0.29, 0.717) is 35.3 Å². The number of aliphatic carboxylic acids is 1. The number of halogens is 1. The van der Waals surface area contributed by atoms with Gasteiger partial charge in [0.2, 0.25) is 5.16 Å². The summed E-state index contributed by atoms with van der Waals surface area (Å²) in [6.07, 6.45) is 2.17. The highest BCUT2D eigenvalue weighted by molar-refractivity contribution is 8.04. The standard InChI is InChI=1S/C20H18FN3O3S/c1-2-18-22-20(24-23-18)28-17(19(25)26)11-13-5-9-16(10-6-13)27-12-14-3-7-15(21)8-4-14/h3-11H,2,12H2,1H3,(H,25,26)(H,22,23,24)/p-1/b17-11-. The van der Waals surface area contributed by atoms with E-state index in [4.69, 9.17) is 4.74 Å². The second-order valence-corrected chi connectivity index (χ2v) is 6.81. The number of aromatic nitrogens is 3. The minimum Gasteiger partial charge on any atom is -0.544 e. The molecule has 0 spiro atoms. The third kappa shape index (κ3) is 5.43.